The molecule has 2 aromatic rings. The Morgan fingerprint density at radius 2 is 1.86 bits per heavy atom. The molecule has 1 aromatic heterocycles. The molecule has 1 atom stereocenters. The molecule has 1 aromatic carbocycles. The highest BCUT2D eigenvalue weighted by molar-refractivity contribution is 5.95. The van der Waals surface area contributed by atoms with Gasteiger partial charge in [-0.25, -0.2) is 0 Å². The van der Waals surface area contributed by atoms with E-state index in [0.717, 1.165) is 5.56 Å². The fourth-order valence-corrected chi connectivity index (χ4v) is 2.00. The molecule has 0 fully saturated rings. The van der Waals surface area contributed by atoms with Gasteiger partial charge < -0.3 is 14.6 Å². The Morgan fingerprint density at radius 1 is 1.14 bits per heavy atom. The molecular weight excluding hydrogens is 268 g/mol. The minimum atomic E-state index is -0.625. The van der Waals surface area contributed by atoms with Crippen molar-refractivity contribution < 1.29 is 14.0 Å². The van der Waals surface area contributed by atoms with Crippen molar-refractivity contribution in [3.05, 3.63) is 60.1 Å². The van der Waals surface area contributed by atoms with Crippen LogP contribution in [0, 0.1) is 0 Å². The van der Waals surface area contributed by atoms with Crippen molar-refractivity contribution in [3.8, 4) is 0 Å². The fraction of sp³-hybridized carbons (Fsp3) is 0.250. The van der Waals surface area contributed by atoms with Crippen LogP contribution >= 0.6 is 0 Å². The van der Waals surface area contributed by atoms with E-state index < -0.39 is 11.9 Å². The maximum absolute atomic E-state index is 12.2. The lowest BCUT2D eigenvalue weighted by Gasteiger charge is -2.21. The summed E-state index contributed by atoms with van der Waals surface area (Å²) in [6, 6.07) is 12.1. The first-order chi connectivity index (χ1) is 10.1. The van der Waals surface area contributed by atoms with Crippen molar-refractivity contribution in [3.63, 3.8) is 0 Å². The molecule has 5 nitrogen and oxygen atoms in total. The summed E-state index contributed by atoms with van der Waals surface area (Å²) < 4.78 is 5.05. The van der Waals surface area contributed by atoms with E-state index in [1.54, 1.807) is 26.2 Å². The first-order valence-corrected chi connectivity index (χ1v) is 6.67. The summed E-state index contributed by atoms with van der Waals surface area (Å²) in [5, 5.41) is 2.73. The summed E-state index contributed by atoms with van der Waals surface area (Å²) in [4.78, 5) is 25.8. The molecule has 1 unspecified atom stereocenters. The predicted octanol–water partition coefficient (Wildman–Crippen LogP) is 1.71. The SMILES string of the molecule is CN(C)C(=O)C(Cc1ccccc1)NC(=O)c1ccco1. The molecule has 0 bridgehead atoms. The molecule has 0 radical (unpaired) electrons. The summed E-state index contributed by atoms with van der Waals surface area (Å²) in [6.07, 6.45) is 1.86. The van der Waals surface area contributed by atoms with E-state index in [1.807, 2.05) is 30.3 Å². The van der Waals surface area contributed by atoms with Gasteiger partial charge in [-0.05, 0) is 17.7 Å². The molecule has 1 heterocycles. The number of hydrogen-bond acceptors (Lipinski definition) is 3. The van der Waals surface area contributed by atoms with Crippen LogP contribution in [0.15, 0.2) is 53.1 Å². The third-order valence-electron chi connectivity index (χ3n) is 3.07. The molecule has 110 valence electrons. The maximum atomic E-state index is 12.2. The normalized spacial score (nSPS) is 11.7. The summed E-state index contributed by atoms with van der Waals surface area (Å²) in [6.45, 7) is 0. The third-order valence-corrected chi connectivity index (χ3v) is 3.07. The molecule has 0 aliphatic rings. The second-order valence-electron chi connectivity index (χ2n) is 4.93. The van der Waals surface area contributed by atoms with Gasteiger partial charge in [0.25, 0.3) is 5.91 Å². The van der Waals surface area contributed by atoms with Crippen molar-refractivity contribution in [1.82, 2.24) is 10.2 Å². The average molecular weight is 286 g/mol. The van der Waals surface area contributed by atoms with Crippen LogP contribution in [0.4, 0.5) is 0 Å². The van der Waals surface area contributed by atoms with Gasteiger partial charge in [-0.15, -0.1) is 0 Å². The monoisotopic (exact) mass is 286 g/mol. The zero-order chi connectivity index (χ0) is 15.2. The molecule has 2 amide bonds. The summed E-state index contributed by atoms with van der Waals surface area (Å²) >= 11 is 0. The van der Waals surface area contributed by atoms with Crippen molar-refractivity contribution in [2.75, 3.05) is 14.1 Å². The lowest BCUT2D eigenvalue weighted by Crippen LogP contribution is -2.47. The Balaban J connectivity index is 2.12. The molecule has 1 N–H and O–H groups in total. The van der Waals surface area contributed by atoms with E-state index in [9.17, 15) is 9.59 Å². The van der Waals surface area contributed by atoms with E-state index in [-0.39, 0.29) is 11.7 Å². The van der Waals surface area contributed by atoms with Crippen molar-refractivity contribution in [1.29, 1.82) is 0 Å². The largest absolute Gasteiger partial charge is 0.459 e. The van der Waals surface area contributed by atoms with Gasteiger partial charge in [0, 0.05) is 20.5 Å². The first kappa shape index (κ1) is 14.8. The number of carbonyl (C=O) groups excluding carboxylic acids is 2. The van der Waals surface area contributed by atoms with Crippen LogP contribution in [-0.2, 0) is 11.2 Å². The molecule has 0 saturated heterocycles. The molecule has 0 saturated carbocycles. The van der Waals surface area contributed by atoms with E-state index in [1.165, 1.54) is 11.2 Å². The molecule has 21 heavy (non-hydrogen) atoms. The van der Waals surface area contributed by atoms with Gasteiger partial charge >= 0.3 is 0 Å². The summed E-state index contributed by atoms with van der Waals surface area (Å²) in [7, 11) is 3.33. The molecule has 2 rings (SSSR count). The Morgan fingerprint density at radius 3 is 2.43 bits per heavy atom. The van der Waals surface area contributed by atoms with E-state index in [4.69, 9.17) is 4.42 Å². The number of nitrogens with zero attached hydrogens (tertiary/aromatic N) is 1. The smallest absolute Gasteiger partial charge is 0.287 e. The van der Waals surface area contributed by atoms with Gasteiger partial charge in [0.1, 0.15) is 6.04 Å². The van der Waals surface area contributed by atoms with Crippen molar-refractivity contribution >= 4 is 11.8 Å². The van der Waals surface area contributed by atoms with Crippen LogP contribution in [0.25, 0.3) is 0 Å². The van der Waals surface area contributed by atoms with Crippen molar-refractivity contribution in [2.24, 2.45) is 0 Å². The number of benzene rings is 1. The van der Waals surface area contributed by atoms with E-state index in [2.05, 4.69) is 5.32 Å². The first-order valence-electron chi connectivity index (χ1n) is 6.67. The maximum Gasteiger partial charge on any atom is 0.287 e. The Kier molecular flexibility index (Phi) is 4.77. The van der Waals surface area contributed by atoms with Gasteiger partial charge in [0.05, 0.1) is 6.26 Å². The highest BCUT2D eigenvalue weighted by Gasteiger charge is 2.24. The predicted molar refractivity (Wildman–Crippen MR) is 78.8 cm³/mol. The van der Waals surface area contributed by atoms with Gasteiger partial charge in [0.2, 0.25) is 5.91 Å². The second-order valence-corrected chi connectivity index (χ2v) is 4.93. The molecule has 0 aliphatic carbocycles. The van der Waals surface area contributed by atoms with Crippen LogP contribution in [0.1, 0.15) is 16.1 Å². The zero-order valence-corrected chi connectivity index (χ0v) is 12.1. The van der Waals surface area contributed by atoms with E-state index in [0.29, 0.717) is 6.42 Å². The third kappa shape index (κ3) is 3.95. The van der Waals surface area contributed by atoms with Gasteiger partial charge in [-0.2, -0.15) is 0 Å². The van der Waals surface area contributed by atoms with Crippen LogP contribution in [0.2, 0.25) is 0 Å². The molecular formula is C16H18N2O3. The lowest BCUT2D eigenvalue weighted by atomic mass is 10.0. The standard InChI is InChI=1S/C16H18N2O3/c1-18(2)16(20)13(11-12-7-4-3-5-8-12)17-15(19)14-9-6-10-21-14/h3-10,13H,11H2,1-2H3,(H,17,19). The number of likely N-dealkylation sites (N-methyl/N-ethyl adjacent to an activating group) is 1. The number of nitrogens with one attached hydrogen (secondary N) is 1. The zero-order valence-electron chi connectivity index (χ0n) is 12.1. The van der Waals surface area contributed by atoms with Gasteiger partial charge in [0.15, 0.2) is 5.76 Å². The number of hydrogen-bond donors (Lipinski definition) is 1. The minimum absolute atomic E-state index is 0.154. The number of furan rings is 1. The number of carbonyl (C=O) groups is 2. The lowest BCUT2D eigenvalue weighted by molar-refractivity contribution is -0.130. The Hall–Kier alpha value is -2.56. The van der Waals surface area contributed by atoms with Crippen LogP contribution in [0.3, 0.4) is 0 Å². The van der Waals surface area contributed by atoms with Crippen molar-refractivity contribution in [2.45, 2.75) is 12.5 Å². The average Bonchev–Trinajstić information content (AvgIpc) is 3.01. The summed E-state index contributed by atoms with van der Waals surface area (Å²) in [5.41, 5.74) is 0.984. The highest BCUT2D eigenvalue weighted by atomic mass is 16.3. The topological polar surface area (TPSA) is 62.6 Å². The molecule has 5 heteroatoms. The Bertz CT molecular complexity index is 591. The Labute approximate surface area is 123 Å². The van der Waals surface area contributed by atoms with E-state index >= 15 is 0 Å². The minimum Gasteiger partial charge on any atom is -0.459 e. The molecule has 0 aliphatic heterocycles. The van der Waals surface area contributed by atoms with Gasteiger partial charge in [-0.3, -0.25) is 9.59 Å². The summed E-state index contributed by atoms with van der Waals surface area (Å²) in [5.74, 6) is -0.352. The second kappa shape index (κ2) is 6.74. The highest BCUT2D eigenvalue weighted by Crippen LogP contribution is 2.07. The fourth-order valence-electron chi connectivity index (χ4n) is 2.00. The van der Waals surface area contributed by atoms with Gasteiger partial charge in [-0.1, -0.05) is 30.3 Å². The van der Waals surface area contributed by atoms with Crippen LogP contribution in [-0.4, -0.2) is 36.9 Å². The van der Waals surface area contributed by atoms with Crippen LogP contribution < -0.4 is 5.32 Å². The molecule has 0 spiro atoms. The number of rotatable bonds is 5. The number of amides is 2. The quantitative estimate of drug-likeness (QED) is 0.910. The van der Waals surface area contributed by atoms with Crippen LogP contribution in [0.5, 0.6) is 0 Å².